The average molecular weight is 311 g/mol. The van der Waals surface area contributed by atoms with Gasteiger partial charge in [0.2, 0.25) is 0 Å². The van der Waals surface area contributed by atoms with Crippen LogP contribution in [0.25, 0.3) is 0 Å². The highest BCUT2D eigenvalue weighted by molar-refractivity contribution is 9.10. The fraction of sp³-hybridized carbons (Fsp3) is 0.167. The predicted octanol–water partition coefficient (Wildman–Crippen LogP) is 2.40. The number of methoxy groups -OCH3 is 1. The third-order valence-corrected chi connectivity index (χ3v) is 2.99. The summed E-state index contributed by atoms with van der Waals surface area (Å²) in [5.41, 5.74) is 1.01. The summed E-state index contributed by atoms with van der Waals surface area (Å²) in [6.07, 6.45) is 1.47. The molecule has 0 radical (unpaired) electrons. The van der Waals surface area contributed by atoms with Gasteiger partial charge in [-0.1, -0.05) is 15.9 Å². The van der Waals surface area contributed by atoms with E-state index >= 15 is 0 Å². The number of hydrogen-bond acceptors (Lipinski definition) is 3. The molecule has 1 aromatic heterocycles. The van der Waals surface area contributed by atoms with Crippen LogP contribution in [0, 0.1) is 0 Å². The van der Waals surface area contributed by atoms with E-state index in [-0.39, 0.29) is 5.69 Å². The highest BCUT2D eigenvalue weighted by atomic mass is 79.9. The molecule has 5 nitrogen and oxygen atoms in total. The lowest BCUT2D eigenvalue weighted by atomic mass is 10.2. The summed E-state index contributed by atoms with van der Waals surface area (Å²) in [7, 11) is 1.58. The molecule has 0 aliphatic carbocycles. The first-order valence-corrected chi connectivity index (χ1v) is 5.98. The van der Waals surface area contributed by atoms with Crippen molar-refractivity contribution in [2.45, 2.75) is 6.54 Å². The summed E-state index contributed by atoms with van der Waals surface area (Å²) in [4.78, 5) is 11.0. The fourth-order valence-corrected chi connectivity index (χ4v) is 2.08. The van der Waals surface area contributed by atoms with Crippen LogP contribution in [0.15, 0.2) is 34.9 Å². The van der Waals surface area contributed by atoms with E-state index in [1.807, 2.05) is 18.2 Å². The Kier molecular flexibility index (Phi) is 3.66. The molecule has 0 unspecified atom stereocenters. The van der Waals surface area contributed by atoms with Crippen LogP contribution in [0.4, 0.5) is 0 Å². The Morgan fingerprint density at radius 3 is 2.94 bits per heavy atom. The number of aromatic carboxylic acids is 1. The molecular weight excluding hydrogens is 300 g/mol. The van der Waals surface area contributed by atoms with Crippen LogP contribution in [-0.4, -0.2) is 28.0 Å². The molecule has 0 fully saturated rings. The van der Waals surface area contributed by atoms with Crippen LogP contribution in [0.2, 0.25) is 0 Å². The average Bonchev–Trinajstić information content (AvgIpc) is 2.77. The number of nitrogens with zero attached hydrogens (tertiary/aromatic N) is 2. The Morgan fingerprint density at radius 1 is 1.50 bits per heavy atom. The van der Waals surface area contributed by atoms with Gasteiger partial charge < -0.3 is 9.84 Å². The monoisotopic (exact) mass is 310 g/mol. The first-order valence-electron chi connectivity index (χ1n) is 5.19. The molecule has 6 heteroatoms. The standard InChI is InChI=1S/C12H11BrN2O3/c1-18-11-3-2-9(13)6-8(11)7-15-10(12(16)17)4-5-14-15/h2-6H,7H2,1H3,(H,16,17). The number of hydrogen-bond donors (Lipinski definition) is 1. The molecule has 0 amide bonds. The van der Waals surface area contributed by atoms with Crippen molar-refractivity contribution in [1.29, 1.82) is 0 Å². The van der Waals surface area contributed by atoms with Gasteiger partial charge in [0.15, 0.2) is 0 Å². The summed E-state index contributed by atoms with van der Waals surface area (Å²) in [6.45, 7) is 0.344. The number of aromatic nitrogens is 2. The maximum Gasteiger partial charge on any atom is 0.354 e. The molecule has 1 aromatic carbocycles. The normalized spacial score (nSPS) is 10.3. The number of ether oxygens (including phenoxy) is 1. The second-order valence-corrected chi connectivity index (χ2v) is 4.55. The van der Waals surface area contributed by atoms with Crippen LogP contribution < -0.4 is 4.74 Å². The lowest BCUT2D eigenvalue weighted by Crippen LogP contribution is -2.11. The summed E-state index contributed by atoms with van der Waals surface area (Å²) in [5, 5.41) is 13.0. The molecule has 0 saturated carbocycles. The number of carboxylic acid groups (broad SMARTS) is 1. The van der Waals surface area contributed by atoms with Crippen molar-refractivity contribution >= 4 is 21.9 Å². The van der Waals surface area contributed by atoms with E-state index in [2.05, 4.69) is 21.0 Å². The van der Waals surface area contributed by atoms with Crippen molar-refractivity contribution in [2.75, 3.05) is 7.11 Å². The first-order chi connectivity index (χ1) is 8.61. The minimum Gasteiger partial charge on any atom is -0.496 e. The predicted molar refractivity (Wildman–Crippen MR) is 69.0 cm³/mol. The smallest absolute Gasteiger partial charge is 0.354 e. The number of carbonyl (C=O) groups is 1. The number of rotatable bonds is 4. The fourth-order valence-electron chi connectivity index (χ4n) is 1.67. The van der Waals surface area contributed by atoms with Gasteiger partial charge in [0.1, 0.15) is 11.4 Å². The molecule has 0 atom stereocenters. The molecule has 0 aliphatic rings. The molecule has 0 bridgehead atoms. The van der Waals surface area contributed by atoms with Crippen molar-refractivity contribution in [2.24, 2.45) is 0 Å². The molecular formula is C12H11BrN2O3. The lowest BCUT2D eigenvalue weighted by Gasteiger charge is -2.10. The maximum absolute atomic E-state index is 11.0. The van der Waals surface area contributed by atoms with Crippen molar-refractivity contribution in [3.8, 4) is 5.75 Å². The van der Waals surface area contributed by atoms with E-state index in [1.165, 1.54) is 16.9 Å². The van der Waals surface area contributed by atoms with Crippen LogP contribution in [0.1, 0.15) is 16.1 Å². The topological polar surface area (TPSA) is 64.4 Å². The van der Waals surface area contributed by atoms with E-state index in [0.29, 0.717) is 12.3 Å². The van der Waals surface area contributed by atoms with Gasteiger partial charge in [0.25, 0.3) is 0 Å². The van der Waals surface area contributed by atoms with E-state index in [0.717, 1.165) is 10.0 Å². The first kappa shape index (κ1) is 12.6. The Bertz CT molecular complexity index is 580. The SMILES string of the molecule is COc1ccc(Br)cc1Cn1nccc1C(=O)O. The third-order valence-electron chi connectivity index (χ3n) is 2.50. The number of carboxylic acids is 1. The van der Waals surface area contributed by atoms with Gasteiger partial charge in [-0.15, -0.1) is 0 Å². The zero-order valence-electron chi connectivity index (χ0n) is 9.63. The summed E-state index contributed by atoms with van der Waals surface area (Å²) in [5.74, 6) is -0.300. The maximum atomic E-state index is 11.0. The second-order valence-electron chi connectivity index (χ2n) is 3.64. The summed E-state index contributed by atoms with van der Waals surface area (Å²) in [6, 6.07) is 7.03. The van der Waals surface area contributed by atoms with Gasteiger partial charge >= 0.3 is 5.97 Å². The van der Waals surface area contributed by atoms with Crippen LogP contribution in [-0.2, 0) is 6.54 Å². The van der Waals surface area contributed by atoms with Gasteiger partial charge in [-0.05, 0) is 24.3 Å². The van der Waals surface area contributed by atoms with Gasteiger partial charge in [0.05, 0.1) is 13.7 Å². The Balaban J connectivity index is 2.36. The Labute approximate surface area is 112 Å². The van der Waals surface area contributed by atoms with Crippen molar-refractivity contribution in [3.05, 3.63) is 46.2 Å². The number of halogens is 1. The summed E-state index contributed by atoms with van der Waals surface area (Å²) < 4.78 is 7.57. The van der Waals surface area contributed by atoms with Crippen LogP contribution in [0.3, 0.4) is 0 Å². The molecule has 1 heterocycles. The quantitative estimate of drug-likeness (QED) is 0.942. The van der Waals surface area contributed by atoms with E-state index in [1.54, 1.807) is 7.11 Å². The Hall–Kier alpha value is -1.82. The summed E-state index contributed by atoms with van der Waals surface area (Å²) >= 11 is 3.38. The zero-order valence-corrected chi connectivity index (χ0v) is 11.2. The molecule has 2 aromatic rings. The third kappa shape index (κ3) is 2.53. The second kappa shape index (κ2) is 5.22. The zero-order chi connectivity index (χ0) is 13.1. The number of benzene rings is 1. The molecule has 0 saturated heterocycles. The minimum absolute atomic E-state index is 0.150. The van der Waals surface area contributed by atoms with Crippen molar-refractivity contribution in [3.63, 3.8) is 0 Å². The van der Waals surface area contributed by atoms with Gasteiger partial charge in [-0.3, -0.25) is 4.68 Å². The highest BCUT2D eigenvalue weighted by Gasteiger charge is 2.12. The van der Waals surface area contributed by atoms with Gasteiger partial charge in [-0.2, -0.15) is 5.10 Å². The van der Waals surface area contributed by atoms with Crippen molar-refractivity contribution < 1.29 is 14.6 Å². The molecule has 0 spiro atoms. The molecule has 1 N–H and O–H groups in total. The lowest BCUT2D eigenvalue weighted by molar-refractivity contribution is 0.0684. The van der Waals surface area contributed by atoms with Crippen LogP contribution in [0.5, 0.6) is 5.75 Å². The molecule has 2 rings (SSSR count). The molecule has 94 valence electrons. The van der Waals surface area contributed by atoms with E-state index < -0.39 is 5.97 Å². The minimum atomic E-state index is -0.999. The van der Waals surface area contributed by atoms with E-state index in [9.17, 15) is 4.79 Å². The Morgan fingerprint density at radius 2 is 2.28 bits per heavy atom. The van der Waals surface area contributed by atoms with Gasteiger partial charge in [-0.25, -0.2) is 4.79 Å². The molecule has 18 heavy (non-hydrogen) atoms. The largest absolute Gasteiger partial charge is 0.496 e. The highest BCUT2D eigenvalue weighted by Crippen LogP contribution is 2.24. The molecule has 0 aliphatic heterocycles. The van der Waals surface area contributed by atoms with Crippen LogP contribution >= 0.6 is 15.9 Å². The van der Waals surface area contributed by atoms with Gasteiger partial charge in [0, 0.05) is 16.2 Å². The van der Waals surface area contributed by atoms with E-state index in [4.69, 9.17) is 9.84 Å². The van der Waals surface area contributed by atoms with Crippen molar-refractivity contribution in [1.82, 2.24) is 9.78 Å².